The Morgan fingerprint density at radius 3 is 2.71 bits per heavy atom. The molecular formula is C17H19NO5S. The number of benzene rings is 1. The number of hydrogen-bond donors (Lipinski definition) is 0. The first-order valence-corrected chi connectivity index (χ1v) is 9.72. The van der Waals surface area contributed by atoms with Crippen LogP contribution in [0.3, 0.4) is 0 Å². The molecule has 24 heavy (non-hydrogen) atoms. The van der Waals surface area contributed by atoms with Crippen molar-refractivity contribution in [3.8, 4) is 0 Å². The van der Waals surface area contributed by atoms with Crippen molar-refractivity contribution < 1.29 is 22.7 Å². The number of ether oxygens (including phenoxy) is 1. The molecule has 1 aromatic carbocycles. The van der Waals surface area contributed by atoms with Gasteiger partial charge in [-0.3, -0.25) is 9.59 Å². The van der Waals surface area contributed by atoms with Gasteiger partial charge in [0.2, 0.25) is 10.0 Å². The summed E-state index contributed by atoms with van der Waals surface area (Å²) in [7, 11) is -3.64. The summed E-state index contributed by atoms with van der Waals surface area (Å²) in [5, 5.41) is 0.779. The predicted octanol–water partition coefficient (Wildman–Crippen LogP) is 2.15. The van der Waals surface area contributed by atoms with Crippen molar-refractivity contribution >= 4 is 32.7 Å². The number of rotatable bonds is 4. The zero-order valence-electron chi connectivity index (χ0n) is 13.6. The molecule has 0 saturated heterocycles. The maximum Gasteiger partial charge on any atom is 0.306 e. The van der Waals surface area contributed by atoms with Crippen molar-refractivity contribution in [3.63, 3.8) is 0 Å². The molecule has 7 heteroatoms. The second-order valence-electron chi connectivity index (χ2n) is 5.98. The molecule has 0 saturated carbocycles. The highest BCUT2D eigenvalue weighted by Crippen LogP contribution is 2.36. The van der Waals surface area contributed by atoms with Crippen LogP contribution in [0, 0.1) is 5.92 Å². The van der Waals surface area contributed by atoms with E-state index in [1.807, 2.05) is 12.1 Å². The lowest BCUT2D eigenvalue weighted by molar-refractivity contribution is -0.144. The minimum Gasteiger partial charge on any atom is -0.466 e. The predicted molar refractivity (Wildman–Crippen MR) is 89.6 cm³/mol. The molecule has 3 rings (SSSR count). The number of aromatic nitrogens is 1. The van der Waals surface area contributed by atoms with Crippen molar-refractivity contribution in [1.29, 1.82) is 0 Å². The highest BCUT2D eigenvalue weighted by molar-refractivity contribution is 7.89. The standard InChI is InChI=1S/C17H19NO5S/c1-3-23-15(19)10-11-8-9-13-12-6-4-5-7-14(12)18(24(2,21)22)16(13)17(11)20/h4-7,11H,3,8-10H2,1-2H3/t11-/m1/s1. The highest BCUT2D eigenvalue weighted by Gasteiger charge is 2.36. The van der Waals surface area contributed by atoms with E-state index >= 15 is 0 Å². The second-order valence-corrected chi connectivity index (χ2v) is 7.81. The zero-order valence-corrected chi connectivity index (χ0v) is 14.4. The van der Waals surface area contributed by atoms with Crippen molar-refractivity contribution in [2.45, 2.75) is 26.2 Å². The quantitative estimate of drug-likeness (QED) is 0.790. The first-order chi connectivity index (χ1) is 11.3. The molecule has 1 aromatic heterocycles. The van der Waals surface area contributed by atoms with E-state index in [1.54, 1.807) is 19.1 Å². The van der Waals surface area contributed by atoms with Gasteiger partial charge in [-0.05, 0) is 31.4 Å². The average Bonchev–Trinajstić information content (AvgIpc) is 2.86. The SMILES string of the molecule is CCOC(=O)C[C@H]1CCc2c(n(S(C)(=O)=O)c3ccccc23)C1=O. The maximum atomic E-state index is 12.9. The summed E-state index contributed by atoms with van der Waals surface area (Å²) in [5.41, 5.74) is 1.45. The normalized spacial score (nSPS) is 17.8. The zero-order chi connectivity index (χ0) is 17.5. The lowest BCUT2D eigenvalue weighted by Crippen LogP contribution is -2.29. The van der Waals surface area contributed by atoms with Gasteiger partial charge in [0, 0.05) is 11.3 Å². The molecule has 1 aliphatic carbocycles. The Kier molecular flexibility index (Phi) is 4.21. The summed E-state index contributed by atoms with van der Waals surface area (Å²) >= 11 is 0. The van der Waals surface area contributed by atoms with Gasteiger partial charge in [-0.25, -0.2) is 12.4 Å². The van der Waals surface area contributed by atoms with Gasteiger partial charge in [0.05, 0.1) is 24.8 Å². The van der Waals surface area contributed by atoms with Crippen LogP contribution in [0.2, 0.25) is 0 Å². The molecule has 1 heterocycles. The fraction of sp³-hybridized carbons (Fsp3) is 0.412. The van der Waals surface area contributed by atoms with Crippen molar-refractivity contribution in [3.05, 3.63) is 35.5 Å². The number of fused-ring (bicyclic) bond motifs is 3. The summed E-state index contributed by atoms with van der Waals surface area (Å²) in [6.45, 7) is 1.97. The topological polar surface area (TPSA) is 82.4 Å². The Bertz CT molecular complexity index is 926. The number of carbonyl (C=O) groups is 2. The van der Waals surface area contributed by atoms with E-state index in [1.165, 1.54) is 0 Å². The van der Waals surface area contributed by atoms with Crippen LogP contribution in [0.1, 0.15) is 35.8 Å². The van der Waals surface area contributed by atoms with Crippen LogP contribution in [0.4, 0.5) is 0 Å². The number of aryl methyl sites for hydroxylation is 1. The monoisotopic (exact) mass is 349 g/mol. The first kappa shape index (κ1) is 16.7. The summed E-state index contributed by atoms with van der Waals surface area (Å²) < 4.78 is 30.6. The fourth-order valence-electron chi connectivity index (χ4n) is 3.38. The van der Waals surface area contributed by atoms with E-state index in [9.17, 15) is 18.0 Å². The van der Waals surface area contributed by atoms with Gasteiger partial charge in [-0.15, -0.1) is 0 Å². The van der Waals surface area contributed by atoms with Gasteiger partial charge in [0.25, 0.3) is 0 Å². The molecule has 1 aliphatic rings. The van der Waals surface area contributed by atoms with Crippen molar-refractivity contribution in [2.75, 3.05) is 12.9 Å². The van der Waals surface area contributed by atoms with Gasteiger partial charge in [-0.2, -0.15) is 0 Å². The Labute approximate surface area is 140 Å². The van der Waals surface area contributed by atoms with Crippen molar-refractivity contribution in [1.82, 2.24) is 3.97 Å². The first-order valence-electron chi connectivity index (χ1n) is 7.87. The molecule has 2 aromatic rings. The van der Waals surface area contributed by atoms with Crippen LogP contribution in [-0.4, -0.2) is 37.0 Å². The molecule has 0 spiro atoms. The lowest BCUT2D eigenvalue weighted by atomic mass is 9.84. The van der Waals surface area contributed by atoms with Gasteiger partial charge >= 0.3 is 5.97 Å². The van der Waals surface area contributed by atoms with Gasteiger partial charge in [-0.1, -0.05) is 18.2 Å². The lowest BCUT2D eigenvalue weighted by Gasteiger charge is -2.21. The van der Waals surface area contributed by atoms with Gasteiger partial charge < -0.3 is 4.74 Å². The van der Waals surface area contributed by atoms with Crippen LogP contribution in [0.15, 0.2) is 24.3 Å². The maximum absolute atomic E-state index is 12.9. The number of ketones is 1. The number of hydrogen-bond acceptors (Lipinski definition) is 5. The van der Waals surface area contributed by atoms with Crippen LogP contribution in [-0.2, 0) is 26.0 Å². The summed E-state index contributed by atoms with van der Waals surface area (Å²) in [6.07, 6.45) is 2.15. The number of carbonyl (C=O) groups excluding carboxylic acids is 2. The molecule has 128 valence electrons. The smallest absolute Gasteiger partial charge is 0.306 e. The fourth-order valence-corrected chi connectivity index (χ4v) is 4.43. The minimum absolute atomic E-state index is 0.0165. The Morgan fingerprint density at radius 2 is 2.04 bits per heavy atom. The van der Waals surface area contributed by atoms with E-state index in [0.29, 0.717) is 18.4 Å². The Balaban J connectivity index is 2.13. The molecular weight excluding hydrogens is 330 g/mol. The highest BCUT2D eigenvalue weighted by atomic mass is 32.2. The second kappa shape index (κ2) is 6.05. The average molecular weight is 349 g/mol. The van der Waals surface area contributed by atoms with Crippen LogP contribution < -0.4 is 0 Å². The largest absolute Gasteiger partial charge is 0.466 e. The third-order valence-corrected chi connectivity index (χ3v) is 5.38. The van der Waals surface area contributed by atoms with Crippen molar-refractivity contribution in [2.24, 2.45) is 5.92 Å². The minimum atomic E-state index is -3.64. The van der Waals surface area contributed by atoms with Crippen LogP contribution >= 0.6 is 0 Å². The molecule has 0 aliphatic heterocycles. The summed E-state index contributed by atoms with van der Waals surface area (Å²) in [5.74, 6) is -1.27. The molecule has 0 N–H and O–H groups in total. The van der Waals surface area contributed by atoms with Gasteiger partial charge in [0.1, 0.15) is 5.69 Å². The van der Waals surface area contributed by atoms with E-state index in [0.717, 1.165) is 21.2 Å². The van der Waals surface area contributed by atoms with E-state index in [2.05, 4.69) is 0 Å². The van der Waals surface area contributed by atoms with E-state index in [4.69, 9.17) is 4.74 Å². The molecule has 0 fully saturated rings. The van der Waals surface area contributed by atoms with Crippen LogP contribution in [0.5, 0.6) is 0 Å². The Hall–Kier alpha value is -2.15. The van der Waals surface area contributed by atoms with Gasteiger partial charge in [0.15, 0.2) is 5.78 Å². The van der Waals surface area contributed by atoms with Crippen LogP contribution in [0.25, 0.3) is 10.9 Å². The molecule has 0 bridgehead atoms. The summed E-state index contributed by atoms with van der Waals surface area (Å²) in [4.78, 5) is 24.6. The Morgan fingerprint density at radius 1 is 1.33 bits per heavy atom. The summed E-state index contributed by atoms with van der Waals surface area (Å²) in [6, 6.07) is 7.09. The third kappa shape index (κ3) is 2.73. The molecule has 0 radical (unpaired) electrons. The third-order valence-electron chi connectivity index (χ3n) is 4.33. The van der Waals surface area contributed by atoms with E-state index in [-0.39, 0.29) is 24.5 Å². The molecule has 0 unspecified atom stereocenters. The number of esters is 1. The molecule has 0 amide bonds. The van der Waals surface area contributed by atoms with E-state index < -0.39 is 21.9 Å². The number of para-hydroxylation sites is 1. The number of nitrogens with zero attached hydrogens (tertiary/aromatic N) is 1. The number of Topliss-reactive ketones (excluding diaryl/α,β-unsaturated/α-hetero) is 1. The molecule has 6 nitrogen and oxygen atoms in total. The molecule has 1 atom stereocenters.